The molecule has 0 aromatic rings. The van der Waals surface area contributed by atoms with Gasteiger partial charge in [-0.1, -0.05) is 12.2 Å². The largest absolute Gasteiger partial charge is 0.480 e. The SMILES string of the molecule is O=C(O)C1CCN1C(=O)NC1C=CCC1. The maximum absolute atomic E-state index is 11.6. The van der Waals surface area contributed by atoms with Crippen molar-refractivity contribution in [3.63, 3.8) is 0 Å². The Hall–Kier alpha value is -1.52. The number of carboxylic acid groups (broad SMARTS) is 1. The van der Waals surface area contributed by atoms with Gasteiger partial charge in [0.25, 0.3) is 0 Å². The van der Waals surface area contributed by atoms with Gasteiger partial charge < -0.3 is 15.3 Å². The van der Waals surface area contributed by atoms with E-state index in [9.17, 15) is 9.59 Å². The molecule has 0 aromatic carbocycles. The van der Waals surface area contributed by atoms with Crippen LogP contribution < -0.4 is 5.32 Å². The van der Waals surface area contributed by atoms with E-state index < -0.39 is 12.0 Å². The highest BCUT2D eigenvalue weighted by molar-refractivity contribution is 5.84. The van der Waals surface area contributed by atoms with E-state index in [0.717, 1.165) is 12.8 Å². The number of carboxylic acids is 1. The van der Waals surface area contributed by atoms with Crippen molar-refractivity contribution in [2.75, 3.05) is 6.54 Å². The Labute approximate surface area is 87.7 Å². The van der Waals surface area contributed by atoms with E-state index in [1.54, 1.807) is 0 Å². The number of hydrogen-bond donors (Lipinski definition) is 2. The van der Waals surface area contributed by atoms with Crippen molar-refractivity contribution in [2.24, 2.45) is 0 Å². The van der Waals surface area contributed by atoms with Crippen molar-refractivity contribution in [1.82, 2.24) is 10.2 Å². The molecule has 1 fully saturated rings. The van der Waals surface area contributed by atoms with Gasteiger partial charge in [-0.25, -0.2) is 9.59 Å². The van der Waals surface area contributed by atoms with Crippen LogP contribution >= 0.6 is 0 Å². The fourth-order valence-corrected chi connectivity index (χ4v) is 1.88. The molecule has 82 valence electrons. The summed E-state index contributed by atoms with van der Waals surface area (Å²) in [6, 6.07) is -0.812. The lowest BCUT2D eigenvalue weighted by Crippen LogP contribution is -2.59. The van der Waals surface area contributed by atoms with Crippen LogP contribution in [0.25, 0.3) is 0 Å². The minimum absolute atomic E-state index is 0.0764. The van der Waals surface area contributed by atoms with Gasteiger partial charge >= 0.3 is 12.0 Å². The molecule has 1 aliphatic heterocycles. The molecule has 2 amide bonds. The number of amides is 2. The first kappa shape index (κ1) is 10.0. The Kier molecular flexibility index (Phi) is 2.62. The third kappa shape index (κ3) is 1.95. The number of hydrogen-bond acceptors (Lipinski definition) is 2. The molecule has 5 nitrogen and oxygen atoms in total. The first-order valence-corrected chi connectivity index (χ1v) is 5.15. The summed E-state index contributed by atoms with van der Waals surface area (Å²) < 4.78 is 0. The molecule has 2 N–H and O–H groups in total. The number of nitrogens with one attached hydrogen (secondary N) is 1. The van der Waals surface area contributed by atoms with Crippen molar-refractivity contribution in [1.29, 1.82) is 0 Å². The summed E-state index contributed by atoms with van der Waals surface area (Å²) in [5, 5.41) is 11.6. The standard InChI is InChI=1S/C10H14N2O3/c13-9(14)8-5-6-12(8)10(15)11-7-3-1-2-4-7/h1,3,7-8H,2,4-6H2,(H,11,15)(H,13,14). The average Bonchev–Trinajstić information content (AvgIpc) is 2.52. The number of urea groups is 1. The van der Waals surface area contributed by atoms with Gasteiger partial charge in [-0.05, 0) is 19.3 Å². The molecule has 1 saturated heterocycles. The number of rotatable bonds is 2. The second-order valence-electron chi connectivity index (χ2n) is 3.90. The van der Waals surface area contributed by atoms with Crippen molar-refractivity contribution in [2.45, 2.75) is 31.3 Å². The summed E-state index contributed by atoms with van der Waals surface area (Å²) in [6.07, 6.45) is 6.43. The van der Waals surface area contributed by atoms with Crippen LogP contribution in [-0.4, -0.2) is 40.6 Å². The highest BCUT2D eigenvalue weighted by Crippen LogP contribution is 2.18. The fraction of sp³-hybridized carbons (Fsp3) is 0.600. The molecule has 0 spiro atoms. The zero-order valence-corrected chi connectivity index (χ0v) is 8.35. The first-order chi connectivity index (χ1) is 7.18. The highest BCUT2D eigenvalue weighted by atomic mass is 16.4. The normalized spacial score (nSPS) is 28.7. The summed E-state index contributed by atoms with van der Waals surface area (Å²) in [6.45, 7) is 0.541. The van der Waals surface area contributed by atoms with Crippen molar-refractivity contribution in [3.05, 3.63) is 12.2 Å². The van der Waals surface area contributed by atoms with Crippen LogP contribution in [0.5, 0.6) is 0 Å². The van der Waals surface area contributed by atoms with Gasteiger partial charge in [-0.3, -0.25) is 0 Å². The third-order valence-corrected chi connectivity index (χ3v) is 2.89. The molecule has 1 heterocycles. The molecule has 5 heteroatoms. The maximum atomic E-state index is 11.6. The quantitative estimate of drug-likeness (QED) is 0.655. The van der Waals surface area contributed by atoms with Crippen LogP contribution in [0.3, 0.4) is 0 Å². The van der Waals surface area contributed by atoms with Gasteiger partial charge in [-0.2, -0.15) is 0 Å². The van der Waals surface area contributed by atoms with E-state index in [1.807, 2.05) is 12.2 Å². The minimum Gasteiger partial charge on any atom is -0.480 e. The summed E-state index contributed by atoms with van der Waals surface area (Å²) in [4.78, 5) is 23.7. The summed E-state index contributed by atoms with van der Waals surface area (Å²) in [5.74, 6) is -0.918. The van der Waals surface area contributed by atoms with Crippen LogP contribution in [0.4, 0.5) is 4.79 Å². The maximum Gasteiger partial charge on any atom is 0.326 e. The number of likely N-dealkylation sites (tertiary alicyclic amines) is 1. The minimum atomic E-state index is -0.918. The van der Waals surface area contributed by atoms with E-state index in [2.05, 4.69) is 5.32 Å². The van der Waals surface area contributed by atoms with Crippen molar-refractivity contribution < 1.29 is 14.7 Å². The van der Waals surface area contributed by atoms with Gasteiger partial charge in [0.15, 0.2) is 0 Å². The molecule has 0 saturated carbocycles. The number of nitrogens with zero attached hydrogens (tertiary/aromatic N) is 1. The van der Waals surface area contributed by atoms with E-state index in [-0.39, 0.29) is 12.1 Å². The number of carbonyl (C=O) groups is 2. The molecule has 1 aliphatic carbocycles. The van der Waals surface area contributed by atoms with Gasteiger partial charge in [0.05, 0.1) is 0 Å². The van der Waals surface area contributed by atoms with Crippen LogP contribution in [0, 0.1) is 0 Å². The molecule has 15 heavy (non-hydrogen) atoms. The molecule has 2 unspecified atom stereocenters. The van der Waals surface area contributed by atoms with Gasteiger partial charge in [-0.15, -0.1) is 0 Å². The molecule has 2 rings (SSSR count). The van der Waals surface area contributed by atoms with E-state index >= 15 is 0 Å². The van der Waals surface area contributed by atoms with Crippen LogP contribution in [-0.2, 0) is 4.79 Å². The smallest absolute Gasteiger partial charge is 0.326 e. The predicted molar refractivity (Wildman–Crippen MR) is 53.4 cm³/mol. The van der Waals surface area contributed by atoms with Gasteiger partial charge in [0.2, 0.25) is 0 Å². The monoisotopic (exact) mass is 210 g/mol. The fourth-order valence-electron chi connectivity index (χ4n) is 1.88. The lowest BCUT2D eigenvalue weighted by Gasteiger charge is -2.38. The molecule has 2 atom stereocenters. The number of aliphatic carboxylic acids is 1. The summed E-state index contributed by atoms with van der Waals surface area (Å²) in [7, 11) is 0. The molecular formula is C10H14N2O3. The van der Waals surface area contributed by atoms with E-state index in [0.29, 0.717) is 13.0 Å². The zero-order chi connectivity index (χ0) is 10.8. The topological polar surface area (TPSA) is 69.6 Å². The highest BCUT2D eigenvalue weighted by Gasteiger charge is 2.37. The Balaban J connectivity index is 1.85. The lowest BCUT2D eigenvalue weighted by molar-refractivity contribution is -0.145. The number of allylic oxidation sites excluding steroid dienone is 1. The van der Waals surface area contributed by atoms with E-state index in [1.165, 1.54) is 4.90 Å². The second-order valence-corrected chi connectivity index (χ2v) is 3.90. The zero-order valence-electron chi connectivity index (χ0n) is 8.35. The number of carbonyl (C=O) groups excluding carboxylic acids is 1. The van der Waals surface area contributed by atoms with Crippen molar-refractivity contribution >= 4 is 12.0 Å². The van der Waals surface area contributed by atoms with Crippen LogP contribution in [0.1, 0.15) is 19.3 Å². The third-order valence-electron chi connectivity index (χ3n) is 2.89. The Morgan fingerprint density at radius 1 is 1.40 bits per heavy atom. The average molecular weight is 210 g/mol. The Morgan fingerprint density at radius 2 is 2.20 bits per heavy atom. The van der Waals surface area contributed by atoms with Crippen LogP contribution in [0.15, 0.2) is 12.2 Å². The Morgan fingerprint density at radius 3 is 2.67 bits per heavy atom. The molecule has 0 bridgehead atoms. The van der Waals surface area contributed by atoms with Crippen molar-refractivity contribution in [3.8, 4) is 0 Å². The molecular weight excluding hydrogens is 196 g/mol. The molecule has 0 radical (unpaired) electrons. The summed E-state index contributed by atoms with van der Waals surface area (Å²) >= 11 is 0. The predicted octanol–water partition coefficient (Wildman–Crippen LogP) is 0.574. The van der Waals surface area contributed by atoms with Crippen LogP contribution in [0.2, 0.25) is 0 Å². The second kappa shape index (κ2) is 3.92. The Bertz CT molecular complexity index is 314. The molecule has 2 aliphatic rings. The summed E-state index contributed by atoms with van der Waals surface area (Å²) in [5.41, 5.74) is 0. The van der Waals surface area contributed by atoms with E-state index in [4.69, 9.17) is 5.11 Å². The molecule has 0 aromatic heterocycles. The van der Waals surface area contributed by atoms with Gasteiger partial charge in [0.1, 0.15) is 6.04 Å². The van der Waals surface area contributed by atoms with Gasteiger partial charge in [0, 0.05) is 12.6 Å². The first-order valence-electron chi connectivity index (χ1n) is 5.15. The lowest BCUT2D eigenvalue weighted by atomic mass is 10.0.